The molecule has 7 heteroatoms. The minimum Gasteiger partial charge on any atom is -0.330 e. The number of fused-ring (bicyclic) bond motifs is 1. The number of imidazole rings is 1. The van der Waals surface area contributed by atoms with E-state index in [0.717, 1.165) is 6.42 Å². The lowest BCUT2D eigenvalue weighted by atomic mass is 10.3. The number of aryl methyl sites for hydroxylation is 1. The van der Waals surface area contributed by atoms with Gasteiger partial charge in [0.05, 0.1) is 6.33 Å². The van der Waals surface area contributed by atoms with Crippen LogP contribution in [0.2, 0.25) is 0 Å². The predicted molar refractivity (Wildman–Crippen MR) is 68.7 cm³/mol. The maximum atomic E-state index is 11.9. The molecular weight excluding hydrogens is 234 g/mol. The summed E-state index contributed by atoms with van der Waals surface area (Å²) in [6.07, 6.45) is 2.33. The third-order valence-corrected chi connectivity index (χ3v) is 2.82. The maximum absolute atomic E-state index is 11.9. The Kier molecular flexibility index (Phi) is 3.33. The Hall–Kier alpha value is -1.89. The number of aromatic amines is 1. The van der Waals surface area contributed by atoms with E-state index in [4.69, 9.17) is 5.73 Å². The van der Waals surface area contributed by atoms with Gasteiger partial charge in [0.1, 0.15) is 0 Å². The molecule has 0 amide bonds. The van der Waals surface area contributed by atoms with Crippen molar-refractivity contribution in [2.24, 2.45) is 5.73 Å². The summed E-state index contributed by atoms with van der Waals surface area (Å²) in [5.74, 6) is 0. The molecule has 2 aromatic rings. The summed E-state index contributed by atoms with van der Waals surface area (Å²) in [7, 11) is 0. The molecule has 0 unspecified atom stereocenters. The van der Waals surface area contributed by atoms with Crippen molar-refractivity contribution >= 4 is 11.2 Å². The van der Waals surface area contributed by atoms with Crippen LogP contribution in [0.1, 0.15) is 26.3 Å². The average Bonchev–Trinajstić information content (AvgIpc) is 2.69. The summed E-state index contributed by atoms with van der Waals surface area (Å²) in [6.45, 7) is 4.91. The van der Waals surface area contributed by atoms with E-state index in [9.17, 15) is 9.59 Å². The normalized spacial score (nSPS) is 11.6. The van der Waals surface area contributed by atoms with Gasteiger partial charge in [-0.05, 0) is 26.8 Å². The zero-order valence-corrected chi connectivity index (χ0v) is 10.5. The predicted octanol–water partition coefficient (Wildman–Crippen LogP) is -0.184. The number of H-pyrrole nitrogens is 1. The van der Waals surface area contributed by atoms with E-state index < -0.39 is 11.2 Å². The van der Waals surface area contributed by atoms with E-state index in [1.807, 2.05) is 13.8 Å². The molecule has 18 heavy (non-hydrogen) atoms. The standard InChI is InChI=1S/C11H17N5O2/c1-7(2)16-9-8(10(17)14-11(16)18)15(6-13-9)5-3-4-12/h6-7H,3-5,12H2,1-2H3,(H,14,17,18). The summed E-state index contributed by atoms with van der Waals surface area (Å²) < 4.78 is 3.22. The van der Waals surface area contributed by atoms with Gasteiger partial charge >= 0.3 is 5.69 Å². The molecule has 0 aromatic carbocycles. The van der Waals surface area contributed by atoms with Gasteiger partial charge in [-0.25, -0.2) is 9.78 Å². The van der Waals surface area contributed by atoms with Crippen LogP contribution in [-0.4, -0.2) is 25.6 Å². The number of hydrogen-bond donors (Lipinski definition) is 2. The van der Waals surface area contributed by atoms with Crippen LogP contribution in [0.15, 0.2) is 15.9 Å². The van der Waals surface area contributed by atoms with Gasteiger partial charge in [-0.2, -0.15) is 0 Å². The first-order valence-corrected chi connectivity index (χ1v) is 5.96. The van der Waals surface area contributed by atoms with Crippen LogP contribution in [0.4, 0.5) is 0 Å². The number of nitrogens with zero attached hydrogens (tertiary/aromatic N) is 3. The maximum Gasteiger partial charge on any atom is 0.330 e. The lowest BCUT2D eigenvalue weighted by molar-refractivity contribution is 0.579. The minimum atomic E-state index is -0.424. The van der Waals surface area contributed by atoms with Crippen LogP contribution in [0.25, 0.3) is 11.2 Å². The van der Waals surface area contributed by atoms with E-state index in [-0.39, 0.29) is 6.04 Å². The van der Waals surface area contributed by atoms with Crippen molar-refractivity contribution in [3.63, 3.8) is 0 Å². The van der Waals surface area contributed by atoms with Gasteiger partial charge in [-0.1, -0.05) is 0 Å². The smallest absolute Gasteiger partial charge is 0.330 e. The summed E-state index contributed by atoms with van der Waals surface area (Å²) in [4.78, 5) is 30.1. The fourth-order valence-corrected chi connectivity index (χ4v) is 2.00. The molecular formula is C11H17N5O2. The zero-order valence-electron chi connectivity index (χ0n) is 10.5. The first-order chi connectivity index (χ1) is 8.56. The molecule has 0 radical (unpaired) electrons. The highest BCUT2D eigenvalue weighted by atomic mass is 16.2. The summed E-state index contributed by atoms with van der Waals surface area (Å²) >= 11 is 0. The van der Waals surface area contributed by atoms with Crippen LogP contribution < -0.4 is 17.0 Å². The highest BCUT2D eigenvalue weighted by molar-refractivity contribution is 5.69. The molecule has 0 saturated carbocycles. The van der Waals surface area contributed by atoms with Crippen molar-refractivity contribution in [2.45, 2.75) is 32.9 Å². The van der Waals surface area contributed by atoms with Crippen molar-refractivity contribution < 1.29 is 0 Å². The summed E-state index contributed by atoms with van der Waals surface area (Å²) in [5.41, 5.74) is 5.48. The number of nitrogens with two attached hydrogens (primary N) is 1. The van der Waals surface area contributed by atoms with Gasteiger partial charge in [0.2, 0.25) is 0 Å². The van der Waals surface area contributed by atoms with E-state index in [2.05, 4.69) is 9.97 Å². The van der Waals surface area contributed by atoms with E-state index in [1.165, 1.54) is 4.57 Å². The van der Waals surface area contributed by atoms with Gasteiger partial charge in [-0.15, -0.1) is 0 Å². The number of hydrogen-bond acceptors (Lipinski definition) is 4. The molecule has 0 saturated heterocycles. The molecule has 0 aliphatic heterocycles. The Morgan fingerprint density at radius 2 is 2.17 bits per heavy atom. The van der Waals surface area contributed by atoms with E-state index in [0.29, 0.717) is 24.3 Å². The van der Waals surface area contributed by atoms with Gasteiger partial charge in [0.15, 0.2) is 11.2 Å². The first-order valence-electron chi connectivity index (χ1n) is 5.96. The van der Waals surface area contributed by atoms with Crippen molar-refractivity contribution in [3.8, 4) is 0 Å². The molecule has 0 atom stereocenters. The van der Waals surface area contributed by atoms with Crippen molar-refractivity contribution in [1.82, 2.24) is 19.1 Å². The Morgan fingerprint density at radius 3 is 2.78 bits per heavy atom. The van der Waals surface area contributed by atoms with Gasteiger partial charge in [0, 0.05) is 12.6 Å². The number of aromatic nitrogens is 4. The molecule has 3 N–H and O–H groups in total. The monoisotopic (exact) mass is 251 g/mol. The van der Waals surface area contributed by atoms with Crippen molar-refractivity contribution in [1.29, 1.82) is 0 Å². The van der Waals surface area contributed by atoms with Crippen molar-refractivity contribution in [2.75, 3.05) is 6.54 Å². The van der Waals surface area contributed by atoms with Gasteiger partial charge in [0.25, 0.3) is 5.56 Å². The van der Waals surface area contributed by atoms with Crippen LogP contribution in [0.3, 0.4) is 0 Å². The summed E-state index contributed by atoms with van der Waals surface area (Å²) in [5, 5.41) is 0. The fraction of sp³-hybridized carbons (Fsp3) is 0.545. The third kappa shape index (κ3) is 1.97. The third-order valence-electron chi connectivity index (χ3n) is 2.82. The zero-order chi connectivity index (χ0) is 13.3. The lowest BCUT2D eigenvalue weighted by Gasteiger charge is -2.10. The second kappa shape index (κ2) is 4.77. The molecule has 2 heterocycles. The average molecular weight is 251 g/mol. The van der Waals surface area contributed by atoms with Crippen LogP contribution >= 0.6 is 0 Å². The molecule has 98 valence electrons. The van der Waals surface area contributed by atoms with Gasteiger partial charge in [-0.3, -0.25) is 14.3 Å². The number of rotatable bonds is 4. The SMILES string of the molecule is CC(C)n1c(=O)[nH]c(=O)c2c1ncn2CCCN. The highest BCUT2D eigenvalue weighted by Crippen LogP contribution is 2.10. The van der Waals surface area contributed by atoms with E-state index >= 15 is 0 Å². The molecule has 0 fully saturated rings. The molecule has 0 spiro atoms. The van der Waals surface area contributed by atoms with Gasteiger partial charge < -0.3 is 10.3 Å². The Labute approximate surface area is 103 Å². The Balaban J connectivity index is 2.71. The largest absolute Gasteiger partial charge is 0.330 e. The summed E-state index contributed by atoms with van der Waals surface area (Å²) in [6, 6.07) is -0.0605. The second-order valence-electron chi connectivity index (χ2n) is 4.48. The van der Waals surface area contributed by atoms with Crippen LogP contribution in [0, 0.1) is 0 Å². The minimum absolute atomic E-state index is 0.0605. The highest BCUT2D eigenvalue weighted by Gasteiger charge is 2.14. The van der Waals surface area contributed by atoms with E-state index in [1.54, 1.807) is 10.9 Å². The quantitative estimate of drug-likeness (QED) is 0.787. The number of nitrogens with one attached hydrogen (secondary N) is 1. The molecule has 0 aliphatic carbocycles. The molecule has 7 nitrogen and oxygen atoms in total. The second-order valence-corrected chi connectivity index (χ2v) is 4.48. The van der Waals surface area contributed by atoms with Crippen molar-refractivity contribution in [3.05, 3.63) is 27.2 Å². The molecule has 0 aliphatic rings. The van der Waals surface area contributed by atoms with Crippen LogP contribution in [0.5, 0.6) is 0 Å². The molecule has 0 bridgehead atoms. The Morgan fingerprint density at radius 1 is 1.44 bits per heavy atom. The molecule has 2 rings (SSSR count). The topological polar surface area (TPSA) is 98.7 Å². The fourth-order valence-electron chi connectivity index (χ4n) is 2.00. The lowest BCUT2D eigenvalue weighted by Crippen LogP contribution is -2.32. The Bertz CT molecular complexity index is 664. The first kappa shape index (κ1) is 12.6. The molecule has 2 aromatic heterocycles. The van der Waals surface area contributed by atoms with Crippen LogP contribution in [-0.2, 0) is 6.54 Å².